The van der Waals surface area contributed by atoms with Crippen LogP contribution in [-0.2, 0) is 17.3 Å². The molecule has 2 heteroatoms. The fourth-order valence-electron chi connectivity index (χ4n) is 8.58. The van der Waals surface area contributed by atoms with Crippen LogP contribution in [0.4, 0.5) is 5.69 Å². The van der Waals surface area contributed by atoms with Gasteiger partial charge in [-0.3, -0.25) is 0 Å². The summed E-state index contributed by atoms with van der Waals surface area (Å²) in [6.45, 7) is 4.72. The summed E-state index contributed by atoms with van der Waals surface area (Å²) in [4.78, 5) is 2.26. The lowest BCUT2D eigenvalue weighted by molar-refractivity contribution is 0.515. The molecule has 0 atom stereocenters. The van der Waals surface area contributed by atoms with Crippen molar-refractivity contribution in [3.8, 4) is 22.3 Å². The highest BCUT2D eigenvalue weighted by atomic mass is 16.3. The molecule has 0 saturated carbocycles. The third-order valence-electron chi connectivity index (χ3n) is 10.4. The van der Waals surface area contributed by atoms with Crippen molar-refractivity contribution < 1.29 is 4.42 Å². The number of benzene rings is 6. The lowest BCUT2D eigenvalue weighted by atomic mass is 9.70. The molecule has 218 valence electrons. The van der Waals surface area contributed by atoms with E-state index in [0.29, 0.717) is 0 Å². The molecule has 0 saturated heterocycles. The zero-order valence-electron chi connectivity index (χ0n) is 26.2. The van der Waals surface area contributed by atoms with Gasteiger partial charge in [-0.2, -0.15) is 0 Å². The van der Waals surface area contributed by atoms with Gasteiger partial charge in [-0.05, 0) is 68.5 Å². The summed E-state index contributed by atoms with van der Waals surface area (Å²) in [5.41, 5.74) is 16.2. The monoisotopic (exact) mass is 581 g/mol. The SMILES string of the molecule is CN(C)c1cccc2c1-c1ccc(CC(C)(C)c3cccc4c3oc3ccccc34)cc1C21c2ccccc2-c2ccccc21. The van der Waals surface area contributed by atoms with Gasteiger partial charge in [0.15, 0.2) is 0 Å². The number of para-hydroxylation sites is 2. The molecule has 7 aromatic rings. The fraction of sp³-hybridized carbons (Fsp3) is 0.163. The molecule has 2 aliphatic rings. The van der Waals surface area contributed by atoms with Gasteiger partial charge in [-0.1, -0.05) is 129 Å². The zero-order chi connectivity index (χ0) is 30.5. The van der Waals surface area contributed by atoms with Crippen molar-refractivity contribution in [2.45, 2.75) is 31.1 Å². The summed E-state index contributed by atoms with van der Waals surface area (Å²) in [6.07, 6.45) is 0.896. The van der Waals surface area contributed by atoms with Crippen LogP contribution in [-0.4, -0.2) is 14.1 Å². The van der Waals surface area contributed by atoms with Gasteiger partial charge in [-0.15, -0.1) is 0 Å². The quantitative estimate of drug-likeness (QED) is 0.206. The minimum Gasteiger partial charge on any atom is -0.456 e. The smallest absolute Gasteiger partial charge is 0.139 e. The van der Waals surface area contributed by atoms with Crippen molar-refractivity contribution in [1.82, 2.24) is 0 Å². The summed E-state index contributed by atoms with van der Waals surface area (Å²) in [5.74, 6) is 0. The second-order valence-electron chi connectivity index (χ2n) is 13.7. The van der Waals surface area contributed by atoms with Crippen LogP contribution >= 0.6 is 0 Å². The van der Waals surface area contributed by atoms with Crippen molar-refractivity contribution >= 4 is 27.6 Å². The molecule has 45 heavy (non-hydrogen) atoms. The molecule has 0 aliphatic heterocycles. The average Bonchev–Trinajstić information content (AvgIpc) is 3.68. The van der Waals surface area contributed by atoms with E-state index in [-0.39, 0.29) is 10.8 Å². The van der Waals surface area contributed by atoms with Crippen LogP contribution in [0.5, 0.6) is 0 Å². The van der Waals surface area contributed by atoms with Gasteiger partial charge in [0, 0.05) is 41.7 Å². The van der Waals surface area contributed by atoms with Gasteiger partial charge in [-0.25, -0.2) is 0 Å². The second kappa shape index (κ2) is 9.22. The first-order chi connectivity index (χ1) is 21.9. The lowest BCUT2D eigenvalue weighted by Gasteiger charge is -2.31. The highest BCUT2D eigenvalue weighted by Gasteiger charge is 2.52. The van der Waals surface area contributed by atoms with Crippen molar-refractivity contribution in [1.29, 1.82) is 0 Å². The van der Waals surface area contributed by atoms with Crippen LogP contribution in [0.3, 0.4) is 0 Å². The number of nitrogens with zero attached hydrogens (tertiary/aromatic N) is 1. The first-order valence-corrected chi connectivity index (χ1v) is 15.9. The lowest BCUT2D eigenvalue weighted by Crippen LogP contribution is -2.26. The van der Waals surface area contributed by atoms with E-state index in [9.17, 15) is 0 Å². The molecule has 2 nitrogen and oxygen atoms in total. The Labute approximate surface area is 264 Å². The molecule has 9 rings (SSSR count). The van der Waals surface area contributed by atoms with Crippen LogP contribution in [0.1, 0.15) is 47.2 Å². The Morgan fingerprint density at radius 2 is 1.24 bits per heavy atom. The topological polar surface area (TPSA) is 16.4 Å². The third kappa shape index (κ3) is 3.45. The molecular weight excluding hydrogens is 546 g/mol. The standard InChI is InChI=1S/C43H35NO/c1-42(2,36-20-11-16-31-30-15-7-10-22-39(30)45-41(31)36)26-27-23-24-32-37(25-27)43(35-19-12-21-38(40(32)35)44(3)4)33-17-8-5-13-28(33)29-14-6-9-18-34(29)43/h5-25H,26H2,1-4H3. The molecule has 6 aromatic carbocycles. The van der Waals surface area contributed by atoms with Gasteiger partial charge in [0.2, 0.25) is 0 Å². The normalized spacial score (nSPS) is 14.0. The molecule has 0 fully saturated rings. The molecule has 0 N–H and O–H groups in total. The number of hydrogen-bond acceptors (Lipinski definition) is 2. The maximum Gasteiger partial charge on any atom is 0.139 e. The Morgan fingerprint density at radius 3 is 2.00 bits per heavy atom. The minimum atomic E-state index is -0.358. The Kier molecular flexibility index (Phi) is 5.39. The summed E-state index contributed by atoms with van der Waals surface area (Å²) in [6, 6.07) is 47.3. The van der Waals surface area contributed by atoms with Crippen LogP contribution in [0.25, 0.3) is 44.2 Å². The Hall–Kier alpha value is -5.08. The maximum atomic E-state index is 6.51. The number of rotatable bonds is 4. The molecule has 2 aliphatic carbocycles. The minimum absolute atomic E-state index is 0.152. The highest BCUT2D eigenvalue weighted by molar-refractivity contribution is 6.06. The van der Waals surface area contributed by atoms with E-state index in [1.54, 1.807) is 0 Å². The van der Waals surface area contributed by atoms with Crippen LogP contribution in [0.2, 0.25) is 0 Å². The van der Waals surface area contributed by atoms with Crippen LogP contribution in [0.15, 0.2) is 132 Å². The largest absolute Gasteiger partial charge is 0.456 e. The number of anilines is 1. The summed E-state index contributed by atoms with van der Waals surface area (Å²) >= 11 is 0. The third-order valence-corrected chi connectivity index (χ3v) is 10.4. The molecule has 1 heterocycles. The van der Waals surface area contributed by atoms with E-state index >= 15 is 0 Å². The average molecular weight is 582 g/mol. The van der Waals surface area contributed by atoms with Gasteiger partial charge in [0.05, 0.1) is 5.41 Å². The molecule has 0 bridgehead atoms. The van der Waals surface area contributed by atoms with Gasteiger partial charge < -0.3 is 9.32 Å². The fourth-order valence-corrected chi connectivity index (χ4v) is 8.58. The Balaban J connectivity index is 1.27. The molecule has 1 spiro atoms. The Bertz CT molecular complexity index is 2270. The number of hydrogen-bond donors (Lipinski definition) is 0. The summed E-state index contributed by atoms with van der Waals surface area (Å²) < 4.78 is 6.51. The van der Waals surface area contributed by atoms with E-state index in [0.717, 1.165) is 17.6 Å². The van der Waals surface area contributed by atoms with Crippen LogP contribution < -0.4 is 4.90 Å². The van der Waals surface area contributed by atoms with Gasteiger partial charge >= 0.3 is 0 Å². The highest BCUT2D eigenvalue weighted by Crippen LogP contribution is 2.64. The van der Waals surface area contributed by atoms with Crippen LogP contribution in [0, 0.1) is 0 Å². The van der Waals surface area contributed by atoms with Crippen molar-refractivity contribution in [2.24, 2.45) is 0 Å². The molecule has 0 unspecified atom stereocenters. The maximum absolute atomic E-state index is 6.51. The van der Waals surface area contributed by atoms with Crippen molar-refractivity contribution in [3.05, 3.63) is 161 Å². The molecule has 1 aromatic heterocycles. The van der Waals surface area contributed by atoms with Gasteiger partial charge in [0.1, 0.15) is 11.2 Å². The first-order valence-electron chi connectivity index (χ1n) is 15.9. The van der Waals surface area contributed by atoms with E-state index < -0.39 is 0 Å². The van der Waals surface area contributed by atoms with E-state index in [4.69, 9.17) is 4.42 Å². The van der Waals surface area contributed by atoms with E-state index in [1.165, 1.54) is 72.1 Å². The van der Waals surface area contributed by atoms with E-state index in [1.807, 2.05) is 0 Å². The second-order valence-corrected chi connectivity index (χ2v) is 13.7. The summed E-state index contributed by atoms with van der Waals surface area (Å²) in [7, 11) is 4.32. The predicted octanol–water partition coefficient (Wildman–Crippen LogP) is 10.5. The first kappa shape index (κ1) is 26.3. The Morgan fingerprint density at radius 1 is 0.600 bits per heavy atom. The number of fused-ring (bicyclic) bond motifs is 13. The number of furan rings is 1. The molecular formula is C43H35NO. The van der Waals surface area contributed by atoms with Crippen molar-refractivity contribution in [2.75, 3.05) is 19.0 Å². The van der Waals surface area contributed by atoms with E-state index in [2.05, 4.69) is 160 Å². The zero-order valence-corrected chi connectivity index (χ0v) is 26.2. The molecule has 0 radical (unpaired) electrons. The van der Waals surface area contributed by atoms with Gasteiger partial charge in [0.25, 0.3) is 0 Å². The molecule has 0 amide bonds. The summed E-state index contributed by atoms with van der Waals surface area (Å²) in [5, 5.41) is 2.37. The van der Waals surface area contributed by atoms with Crippen molar-refractivity contribution in [3.63, 3.8) is 0 Å². The predicted molar refractivity (Wildman–Crippen MR) is 188 cm³/mol.